The van der Waals surface area contributed by atoms with Crippen LogP contribution in [0.1, 0.15) is 5.56 Å². The van der Waals surface area contributed by atoms with E-state index in [0.717, 1.165) is 5.56 Å². The van der Waals surface area contributed by atoms with E-state index in [0.29, 0.717) is 5.75 Å². The molecule has 0 aromatic heterocycles. The first-order valence-corrected chi connectivity index (χ1v) is 8.24. The van der Waals surface area contributed by atoms with E-state index in [-0.39, 0.29) is 21.5 Å². The highest BCUT2D eigenvalue weighted by Crippen LogP contribution is 2.33. The number of methoxy groups -OCH3 is 1. The summed E-state index contributed by atoms with van der Waals surface area (Å²) in [5, 5.41) is 0.235. The molecule has 0 fully saturated rings. The molecule has 0 amide bonds. The quantitative estimate of drug-likeness (QED) is 0.902. The van der Waals surface area contributed by atoms with Crippen molar-refractivity contribution in [3.05, 3.63) is 58.1 Å². The van der Waals surface area contributed by atoms with Gasteiger partial charge in [0, 0.05) is 12.6 Å². The third-order valence-corrected chi connectivity index (χ3v) is 4.97. The predicted octanol–water partition coefficient (Wildman–Crippen LogP) is 3.48. The number of nitrogens with one attached hydrogen (secondary N) is 1. The maximum Gasteiger partial charge on any atom is 0.242 e. The van der Waals surface area contributed by atoms with Crippen LogP contribution in [0.4, 0.5) is 0 Å². The molecule has 0 atom stereocenters. The van der Waals surface area contributed by atoms with Gasteiger partial charge in [0.25, 0.3) is 0 Å². The van der Waals surface area contributed by atoms with Crippen LogP contribution in [0.3, 0.4) is 0 Å². The van der Waals surface area contributed by atoms with E-state index in [4.69, 9.17) is 27.9 Å². The van der Waals surface area contributed by atoms with Crippen molar-refractivity contribution in [3.63, 3.8) is 0 Å². The molecule has 7 heteroatoms. The molecule has 0 spiro atoms. The maximum atomic E-state index is 12.3. The van der Waals surface area contributed by atoms with Gasteiger partial charge >= 0.3 is 0 Å². The Hall–Kier alpha value is -1.27. The summed E-state index contributed by atoms with van der Waals surface area (Å²) in [6.45, 7) is 0.170. The fraction of sp³-hybridized carbons (Fsp3) is 0.143. The Kier molecular flexibility index (Phi) is 5.11. The molecule has 0 aliphatic heterocycles. The zero-order valence-corrected chi connectivity index (χ0v) is 13.5. The van der Waals surface area contributed by atoms with Gasteiger partial charge in [-0.05, 0) is 11.6 Å². The van der Waals surface area contributed by atoms with Crippen molar-refractivity contribution in [2.45, 2.75) is 11.4 Å². The lowest BCUT2D eigenvalue weighted by atomic mass is 10.2. The summed E-state index contributed by atoms with van der Waals surface area (Å²) in [6, 6.07) is 11.8. The summed E-state index contributed by atoms with van der Waals surface area (Å²) >= 11 is 11.9. The largest absolute Gasteiger partial charge is 0.495 e. The van der Waals surface area contributed by atoms with Crippen molar-refractivity contribution < 1.29 is 13.2 Å². The van der Waals surface area contributed by atoms with Gasteiger partial charge < -0.3 is 4.74 Å². The van der Waals surface area contributed by atoms with E-state index >= 15 is 0 Å². The molecule has 0 unspecified atom stereocenters. The highest BCUT2D eigenvalue weighted by molar-refractivity contribution is 7.89. The zero-order valence-electron chi connectivity index (χ0n) is 11.1. The van der Waals surface area contributed by atoms with Crippen molar-refractivity contribution in [3.8, 4) is 5.75 Å². The molecule has 0 bridgehead atoms. The number of sulfonamides is 1. The van der Waals surface area contributed by atoms with Gasteiger partial charge in [-0.1, -0.05) is 53.5 Å². The van der Waals surface area contributed by atoms with Gasteiger partial charge in [-0.3, -0.25) is 0 Å². The Morgan fingerprint density at radius 2 is 1.76 bits per heavy atom. The van der Waals surface area contributed by atoms with Gasteiger partial charge in [-0.2, -0.15) is 0 Å². The molecule has 2 aromatic carbocycles. The van der Waals surface area contributed by atoms with E-state index in [1.807, 2.05) is 30.3 Å². The van der Waals surface area contributed by atoms with Crippen molar-refractivity contribution in [1.29, 1.82) is 0 Å². The van der Waals surface area contributed by atoms with Crippen LogP contribution < -0.4 is 9.46 Å². The molecule has 0 heterocycles. The molecular formula is C14H13Cl2NO3S. The number of hydrogen-bond donors (Lipinski definition) is 1. The van der Waals surface area contributed by atoms with Crippen LogP contribution in [0.15, 0.2) is 47.4 Å². The molecule has 0 radical (unpaired) electrons. The van der Waals surface area contributed by atoms with E-state index in [1.165, 1.54) is 19.2 Å². The lowest BCUT2D eigenvalue weighted by molar-refractivity contribution is 0.414. The van der Waals surface area contributed by atoms with Crippen LogP contribution in [0, 0.1) is 0 Å². The van der Waals surface area contributed by atoms with Crippen molar-refractivity contribution in [2.75, 3.05) is 7.11 Å². The van der Waals surface area contributed by atoms with Crippen molar-refractivity contribution in [1.82, 2.24) is 4.72 Å². The second-order valence-electron chi connectivity index (χ2n) is 4.23. The fourth-order valence-electron chi connectivity index (χ4n) is 1.72. The topological polar surface area (TPSA) is 55.4 Å². The molecule has 4 nitrogen and oxygen atoms in total. The summed E-state index contributed by atoms with van der Waals surface area (Å²) in [5.41, 5.74) is 0.844. The number of rotatable bonds is 5. The van der Waals surface area contributed by atoms with Gasteiger partial charge in [0.05, 0.1) is 17.2 Å². The van der Waals surface area contributed by atoms with Gasteiger partial charge in [0.1, 0.15) is 10.6 Å². The van der Waals surface area contributed by atoms with Gasteiger partial charge in [-0.15, -0.1) is 0 Å². The van der Waals surface area contributed by atoms with Crippen LogP contribution in [-0.4, -0.2) is 15.5 Å². The SMILES string of the molecule is COc1cc(Cl)c(S(=O)(=O)NCc2ccccc2)cc1Cl. The van der Waals surface area contributed by atoms with E-state index in [1.54, 1.807) is 0 Å². The first-order valence-electron chi connectivity index (χ1n) is 6.00. The molecule has 0 saturated carbocycles. The second-order valence-corrected chi connectivity index (χ2v) is 6.78. The number of benzene rings is 2. The Balaban J connectivity index is 2.26. The molecule has 0 aliphatic rings. The molecule has 0 aliphatic carbocycles. The lowest BCUT2D eigenvalue weighted by Crippen LogP contribution is -2.23. The number of hydrogen-bond acceptors (Lipinski definition) is 3. The first kappa shape index (κ1) is 16.1. The normalized spacial score (nSPS) is 11.4. The predicted molar refractivity (Wildman–Crippen MR) is 83.5 cm³/mol. The number of ether oxygens (including phenoxy) is 1. The second kappa shape index (κ2) is 6.66. The molecule has 1 N–H and O–H groups in total. The smallest absolute Gasteiger partial charge is 0.242 e. The summed E-state index contributed by atoms with van der Waals surface area (Å²) in [5.74, 6) is 0.323. The lowest BCUT2D eigenvalue weighted by Gasteiger charge is -2.11. The van der Waals surface area contributed by atoms with Gasteiger partial charge in [-0.25, -0.2) is 13.1 Å². The molecule has 21 heavy (non-hydrogen) atoms. The summed E-state index contributed by atoms with van der Waals surface area (Å²) in [6.07, 6.45) is 0. The standard InChI is InChI=1S/C14H13Cl2NO3S/c1-20-13-7-12(16)14(8-11(13)15)21(18,19)17-9-10-5-3-2-4-6-10/h2-8,17H,9H2,1H3. The minimum absolute atomic E-state index is 0.0526. The minimum Gasteiger partial charge on any atom is -0.495 e. The first-order chi connectivity index (χ1) is 9.94. The Morgan fingerprint density at radius 3 is 2.38 bits per heavy atom. The van der Waals surface area contributed by atoms with Crippen LogP contribution in [0.2, 0.25) is 10.0 Å². The maximum absolute atomic E-state index is 12.3. The van der Waals surface area contributed by atoms with Crippen LogP contribution in [-0.2, 0) is 16.6 Å². The third kappa shape index (κ3) is 3.89. The van der Waals surface area contributed by atoms with Crippen LogP contribution >= 0.6 is 23.2 Å². The van der Waals surface area contributed by atoms with Crippen molar-refractivity contribution >= 4 is 33.2 Å². The van der Waals surface area contributed by atoms with E-state index < -0.39 is 10.0 Å². The molecule has 0 saturated heterocycles. The molecule has 2 rings (SSSR count). The average molecular weight is 346 g/mol. The van der Waals surface area contributed by atoms with E-state index in [2.05, 4.69) is 4.72 Å². The summed E-state index contributed by atoms with van der Waals surface area (Å²) in [7, 11) is -2.33. The Labute approximate surface area is 133 Å². The third-order valence-electron chi connectivity index (χ3n) is 2.80. The Bertz CT molecular complexity index is 733. The monoisotopic (exact) mass is 345 g/mol. The highest BCUT2D eigenvalue weighted by Gasteiger charge is 2.20. The Morgan fingerprint density at radius 1 is 1.10 bits per heavy atom. The van der Waals surface area contributed by atoms with Crippen LogP contribution in [0.25, 0.3) is 0 Å². The fourth-order valence-corrected chi connectivity index (χ4v) is 3.59. The summed E-state index contributed by atoms with van der Waals surface area (Å²) < 4.78 is 32.0. The molecular weight excluding hydrogens is 333 g/mol. The number of halogens is 2. The average Bonchev–Trinajstić information content (AvgIpc) is 2.48. The van der Waals surface area contributed by atoms with Crippen molar-refractivity contribution in [2.24, 2.45) is 0 Å². The van der Waals surface area contributed by atoms with Gasteiger partial charge in [0.2, 0.25) is 10.0 Å². The molecule has 112 valence electrons. The summed E-state index contributed by atoms with van der Waals surface area (Å²) in [4.78, 5) is -0.0779. The molecule has 2 aromatic rings. The van der Waals surface area contributed by atoms with Gasteiger partial charge in [0.15, 0.2) is 0 Å². The van der Waals surface area contributed by atoms with E-state index in [9.17, 15) is 8.42 Å². The highest BCUT2D eigenvalue weighted by atomic mass is 35.5. The zero-order chi connectivity index (χ0) is 15.5. The minimum atomic E-state index is -3.76. The van der Waals surface area contributed by atoms with Crippen LogP contribution in [0.5, 0.6) is 5.75 Å².